The van der Waals surface area contributed by atoms with Crippen molar-refractivity contribution < 1.29 is 33.2 Å². The first-order valence-corrected chi connectivity index (χ1v) is 12.7. The summed E-state index contributed by atoms with van der Waals surface area (Å²) < 4.78 is 36.2. The monoisotopic (exact) mass is 530 g/mol. The van der Waals surface area contributed by atoms with Crippen molar-refractivity contribution in [2.45, 2.75) is 39.0 Å². The van der Waals surface area contributed by atoms with Gasteiger partial charge in [-0.2, -0.15) is 0 Å². The molecule has 3 atom stereocenters. The Morgan fingerprint density at radius 3 is 1.08 bits per heavy atom. The van der Waals surface area contributed by atoms with Crippen LogP contribution in [0.5, 0.6) is 0 Å². The first-order valence-electron chi connectivity index (χ1n) is 12.7. The van der Waals surface area contributed by atoms with Crippen LogP contribution in [0.3, 0.4) is 0 Å². The van der Waals surface area contributed by atoms with Crippen molar-refractivity contribution >= 4 is 0 Å². The lowest BCUT2D eigenvalue weighted by Gasteiger charge is -2.14. The normalized spacial score (nSPS) is 13.2. The molecule has 12 N–H and O–H groups in total. The Hall–Kier alpha value is -0.520. The molecule has 0 radical (unpaired) electrons. The van der Waals surface area contributed by atoms with Gasteiger partial charge in [-0.1, -0.05) is 0 Å². The predicted molar refractivity (Wildman–Crippen MR) is 144 cm³/mol. The minimum Gasteiger partial charge on any atom is -0.378 e. The highest BCUT2D eigenvalue weighted by Gasteiger charge is 2.03. The van der Waals surface area contributed by atoms with E-state index in [1.54, 1.807) is 0 Å². The average Bonchev–Trinajstić information content (AvgIpc) is 2.84. The largest absolute Gasteiger partial charge is 0.378 e. The molecule has 0 saturated heterocycles. The number of ether oxygens (including phenoxy) is 7. The summed E-state index contributed by atoms with van der Waals surface area (Å²) >= 11 is 0. The minimum atomic E-state index is 0.0673. The molecule has 0 aromatic carbocycles. The molecule has 0 aliphatic rings. The molecule has 222 valence electrons. The molecule has 0 saturated carbocycles. The Bertz CT molecular complexity index is 344. The first-order chi connectivity index (χ1) is 17.3. The van der Waals surface area contributed by atoms with E-state index in [0.717, 1.165) is 0 Å². The van der Waals surface area contributed by atoms with Crippen molar-refractivity contribution in [3.8, 4) is 0 Å². The topological polar surface area (TPSA) is 221 Å². The van der Waals surface area contributed by atoms with Crippen molar-refractivity contribution in [1.29, 1.82) is 0 Å². The Labute approximate surface area is 219 Å². The summed E-state index contributed by atoms with van der Waals surface area (Å²) in [5, 5.41) is 0. The number of hydrogen-bond donors (Lipinski definition) is 6. The van der Waals surface area contributed by atoms with Crippen LogP contribution in [0.15, 0.2) is 0 Å². The van der Waals surface area contributed by atoms with Gasteiger partial charge in [0.05, 0.1) is 92.0 Å². The Balaban J connectivity index is -0.000000476. The smallest absolute Gasteiger partial charge is 0.0781 e. The van der Waals surface area contributed by atoms with Gasteiger partial charge in [0.25, 0.3) is 0 Å². The van der Waals surface area contributed by atoms with Gasteiger partial charge in [-0.05, 0) is 20.8 Å². The van der Waals surface area contributed by atoms with Gasteiger partial charge < -0.3 is 67.6 Å². The van der Waals surface area contributed by atoms with Crippen LogP contribution in [-0.2, 0) is 33.2 Å². The second-order valence-electron chi connectivity index (χ2n) is 7.85. The van der Waals surface area contributed by atoms with Crippen molar-refractivity contribution in [3.63, 3.8) is 0 Å². The van der Waals surface area contributed by atoms with Gasteiger partial charge in [-0.25, -0.2) is 0 Å². The highest BCUT2D eigenvalue weighted by Crippen LogP contribution is 1.93. The molecule has 13 heteroatoms. The van der Waals surface area contributed by atoms with Crippen LogP contribution in [0.2, 0.25) is 0 Å². The third-order valence-electron chi connectivity index (χ3n) is 3.54. The lowest BCUT2D eigenvalue weighted by atomic mass is 10.4. The van der Waals surface area contributed by atoms with Crippen LogP contribution in [0, 0.1) is 0 Å². The van der Waals surface area contributed by atoms with Gasteiger partial charge in [0.1, 0.15) is 0 Å². The van der Waals surface area contributed by atoms with Gasteiger partial charge in [0.15, 0.2) is 0 Å². The highest BCUT2D eigenvalue weighted by atomic mass is 16.6. The molecule has 0 bridgehead atoms. The number of rotatable bonds is 24. The standard InChI is InChI=1S/C11H26N2O3.2C6H16N2O2/c1-9(12)6-14-4-5-16-11(3)8-15-7-10(2)13;2*7-1-3-9-5-6-10-4-2-8/h9-11H,4-8,12-13H2,1-3H3;2*1-8H2. The van der Waals surface area contributed by atoms with Crippen LogP contribution in [-0.4, -0.2) is 130 Å². The van der Waals surface area contributed by atoms with Crippen molar-refractivity contribution in [2.24, 2.45) is 34.4 Å². The summed E-state index contributed by atoms with van der Waals surface area (Å²) in [6.45, 7) is 15.7. The summed E-state index contributed by atoms with van der Waals surface area (Å²) in [6.07, 6.45) is 0.0673. The van der Waals surface area contributed by atoms with E-state index in [1.807, 2.05) is 20.8 Å². The minimum absolute atomic E-state index is 0.0673. The van der Waals surface area contributed by atoms with Crippen molar-refractivity contribution in [3.05, 3.63) is 0 Å². The second kappa shape index (κ2) is 36.6. The second-order valence-corrected chi connectivity index (χ2v) is 7.85. The summed E-state index contributed by atoms with van der Waals surface area (Å²) in [6, 6.07) is 0.147. The fourth-order valence-corrected chi connectivity index (χ4v) is 2.02. The Morgan fingerprint density at radius 1 is 0.417 bits per heavy atom. The summed E-state index contributed by atoms with van der Waals surface area (Å²) in [7, 11) is 0. The molecule has 3 unspecified atom stereocenters. The van der Waals surface area contributed by atoms with E-state index in [4.69, 9.17) is 67.6 Å². The van der Waals surface area contributed by atoms with Gasteiger partial charge in [-0.15, -0.1) is 0 Å². The van der Waals surface area contributed by atoms with Crippen LogP contribution in [0.1, 0.15) is 20.8 Å². The van der Waals surface area contributed by atoms with Gasteiger partial charge in [0.2, 0.25) is 0 Å². The van der Waals surface area contributed by atoms with E-state index < -0.39 is 0 Å². The van der Waals surface area contributed by atoms with Crippen molar-refractivity contribution in [2.75, 3.05) is 112 Å². The van der Waals surface area contributed by atoms with Gasteiger partial charge >= 0.3 is 0 Å². The lowest BCUT2D eigenvalue weighted by molar-refractivity contribution is -0.0319. The van der Waals surface area contributed by atoms with E-state index in [2.05, 4.69) is 0 Å². The third-order valence-corrected chi connectivity index (χ3v) is 3.54. The molecule has 0 aliphatic carbocycles. The van der Waals surface area contributed by atoms with Crippen molar-refractivity contribution in [1.82, 2.24) is 0 Å². The number of hydrogen-bond acceptors (Lipinski definition) is 13. The van der Waals surface area contributed by atoms with E-state index in [-0.39, 0.29) is 18.2 Å². The average molecular weight is 531 g/mol. The van der Waals surface area contributed by atoms with E-state index in [0.29, 0.717) is 112 Å². The molecule has 0 amide bonds. The van der Waals surface area contributed by atoms with Crippen LogP contribution >= 0.6 is 0 Å². The summed E-state index contributed by atoms with van der Waals surface area (Å²) in [4.78, 5) is 0. The maximum atomic E-state index is 5.55. The molecule has 0 fully saturated rings. The van der Waals surface area contributed by atoms with E-state index >= 15 is 0 Å². The zero-order valence-electron chi connectivity index (χ0n) is 23.1. The predicted octanol–water partition coefficient (Wildman–Crippen LogP) is -2.01. The summed E-state index contributed by atoms with van der Waals surface area (Å²) in [5.41, 5.74) is 31.8. The fraction of sp³-hybridized carbons (Fsp3) is 1.00. The van der Waals surface area contributed by atoms with Crippen LogP contribution < -0.4 is 34.4 Å². The molecular weight excluding hydrogens is 472 g/mol. The van der Waals surface area contributed by atoms with Gasteiger partial charge in [-0.3, -0.25) is 0 Å². The zero-order chi connectivity index (χ0) is 27.7. The molecule has 13 nitrogen and oxygen atoms in total. The molecular formula is C23H58N6O7. The number of nitrogens with two attached hydrogens (primary N) is 6. The molecule has 0 aromatic rings. The maximum Gasteiger partial charge on any atom is 0.0781 e. The first kappa shape index (κ1) is 40.0. The molecule has 0 spiro atoms. The molecule has 0 aromatic heterocycles. The zero-order valence-corrected chi connectivity index (χ0v) is 23.1. The quantitative estimate of drug-likeness (QED) is 0.0744. The molecule has 36 heavy (non-hydrogen) atoms. The Kier molecular flexibility index (Phi) is 40.7. The lowest BCUT2D eigenvalue weighted by Crippen LogP contribution is -2.26. The van der Waals surface area contributed by atoms with E-state index in [1.165, 1.54) is 0 Å². The molecule has 0 aliphatic heterocycles. The fourth-order valence-electron chi connectivity index (χ4n) is 2.02. The van der Waals surface area contributed by atoms with Gasteiger partial charge in [0, 0.05) is 38.3 Å². The van der Waals surface area contributed by atoms with E-state index in [9.17, 15) is 0 Å². The molecule has 0 rings (SSSR count). The van der Waals surface area contributed by atoms with Crippen LogP contribution in [0.25, 0.3) is 0 Å². The maximum absolute atomic E-state index is 5.55. The van der Waals surface area contributed by atoms with Crippen LogP contribution in [0.4, 0.5) is 0 Å². The Morgan fingerprint density at radius 2 is 0.750 bits per heavy atom. The highest BCUT2D eigenvalue weighted by molar-refractivity contribution is 4.53. The SMILES string of the molecule is CC(N)COCCOC(C)COCC(C)N.NCCOCCOCCN.NCCOCCOCCN. The molecule has 0 heterocycles. The summed E-state index contributed by atoms with van der Waals surface area (Å²) in [5.74, 6) is 0. The third kappa shape index (κ3) is 46.8.